The molecule has 0 bridgehead atoms. The van der Waals surface area contributed by atoms with Crippen molar-refractivity contribution in [3.8, 4) is 0 Å². The van der Waals surface area contributed by atoms with Gasteiger partial charge in [0.1, 0.15) is 4.99 Å². The molecule has 2 rings (SSSR count). The number of hydrogen-bond donors (Lipinski definition) is 2. The molecule has 0 atom stereocenters. The average molecular weight is 310 g/mol. The molecule has 0 aliphatic rings. The molecule has 0 amide bonds. The molecular formula is C15H13F3N2S. The van der Waals surface area contributed by atoms with Crippen molar-refractivity contribution in [2.24, 2.45) is 5.73 Å². The second kappa shape index (κ2) is 5.73. The maximum atomic E-state index is 12.9. The van der Waals surface area contributed by atoms with Crippen molar-refractivity contribution in [3.63, 3.8) is 0 Å². The number of alkyl halides is 3. The van der Waals surface area contributed by atoms with Crippen LogP contribution in [0.3, 0.4) is 0 Å². The van der Waals surface area contributed by atoms with E-state index in [1.54, 1.807) is 31.2 Å². The third kappa shape index (κ3) is 3.52. The summed E-state index contributed by atoms with van der Waals surface area (Å²) in [6.07, 6.45) is -4.41. The van der Waals surface area contributed by atoms with E-state index in [-0.39, 0.29) is 10.7 Å². The van der Waals surface area contributed by atoms with Crippen molar-refractivity contribution < 1.29 is 13.2 Å². The van der Waals surface area contributed by atoms with Crippen molar-refractivity contribution in [2.45, 2.75) is 13.1 Å². The Hall–Kier alpha value is -2.08. The molecule has 6 heteroatoms. The van der Waals surface area contributed by atoms with E-state index < -0.39 is 11.7 Å². The van der Waals surface area contributed by atoms with Crippen molar-refractivity contribution in [1.82, 2.24) is 0 Å². The number of para-hydroxylation sites is 1. The summed E-state index contributed by atoms with van der Waals surface area (Å²) >= 11 is 4.90. The van der Waals surface area contributed by atoms with Gasteiger partial charge in [-0.05, 0) is 42.8 Å². The fraction of sp³-hybridized carbons (Fsp3) is 0.133. The average Bonchev–Trinajstić information content (AvgIpc) is 2.37. The predicted molar refractivity (Wildman–Crippen MR) is 81.8 cm³/mol. The van der Waals surface area contributed by atoms with E-state index in [0.29, 0.717) is 11.3 Å². The number of nitrogens with one attached hydrogen (secondary N) is 1. The summed E-state index contributed by atoms with van der Waals surface area (Å²) in [5.74, 6) is 0. The van der Waals surface area contributed by atoms with Gasteiger partial charge >= 0.3 is 6.18 Å². The van der Waals surface area contributed by atoms with Crippen LogP contribution in [0.5, 0.6) is 0 Å². The summed E-state index contributed by atoms with van der Waals surface area (Å²) in [5, 5.41) is 2.78. The first-order chi connectivity index (χ1) is 9.79. The highest BCUT2D eigenvalue weighted by Crippen LogP contribution is 2.36. The zero-order chi connectivity index (χ0) is 15.6. The monoisotopic (exact) mass is 310 g/mol. The molecule has 0 heterocycles. The molecule has 0 aliphatic heterocycles. The van der Waals surface area contributed by atoms with E-state index in [1.165, 1.54) is 12.1 Å². The Morgan fingerprint density at radius 3 is 2.38 bits per heavy atom. The summed E-state index contributed by atoms with van der Waals surface area (Å²) in [7, 11) is 0. The van der Waals surface area contributed by atoms with E-state index in [0.717, 1.165) is 11.6 Å². The van der Waals surface area contributed by atoms with Gasteiger partial charge in [0.25, 0.3) is 0 Å². The van der Waals surface area contributed by atoms with E-state index in [1.807, 2.05) is 0 Å². The maximum absolute atomic E-state index is 12.9. The van der Waals surface area contributed by atoms with Crippen LogP contribution in [0, 0.1) is 6.92 Å². The van der Waals surface area contributed by atoms with Gasteiger partial charge in [-0.1, -0.05) is 24.4 Å². The fourth-order valence-electron chi connectivity index (χ4n) is 2.01. The molecule has 2 aromatic carbocycles. The molecule has 0 fully saturated rings. The summed E-state index contributed by atoms with van der Waals surface area (Å²) in [6.45, 7) is 1.80. The number of aryl methyl sites for hydroxylation is 1. The van der Waals surface area contributed by atoms with Crippen LogP contribution in [0.15, 0.2) is 42.5 Å². The van der Waals surface area contributed by atoms with Gasteiger partial charge in [0.05, 0.1) is 11.3 Å². The van der Waals surface area contributed by atoms with Gasteiger partial charge < -0.3 is 11.1 Å². The zero-order valence-electron chi connectivity index (χ0n) is 11.2. The van der Waals surface area contributed by atoms with Gasteiger partial charge in [0.2, 0.25) is 0 Å². The Bertz CT molecular complexity index is 681. The first-order valence-corrected chi connectivity index (χ1v) is 6.53. The van der Waals surface area contributed by atoms with Crippen LogP contribution in [0.4, 0.5) is 24.5 Å². The highest BCUT2D eigenvalue weighted by atomic mass is 32.1. The summed E-state index contributed by atoms with van der Waals surface area (Å²) in [5.41, 5.74) is 6.92. The van der Waals surface area contributed by atoms with Crippen molar-refractivity contribution in [2.75, 3.05) is 5.32 Å². The van der Waals surface area contributed by atoms with Crippen molar-refractivity contribution in [3.05, 3.63) is 59.2 Å². The van der Waals surface area contributed by atoms with E-state index in [9.17, 15) is 13.2 Å². The quantitative estimate of drug-likeness (QED) is 0.826. The van der Waals surface area contributed by atoms with Crippen molar-refractivity contribution >= 4 is 28.6 Å². The lowest BCUT2D eigenvalue weighted by molar-refractivity contribution is -0.136. The minimum Gasteiger partial charge on any atom is -0.389 e. The lowest BCUT2D eigenvalue weighted by Crippen LogP contribution is -2.11. The van der Waals surface area contributed by atoms with Crippen LogP contribution < -0.4 is 11.1 Å². The lowest BCUT2D eigenvalue weighted by Gasteiger charge is -2.15. The summed E-state index contributed by atoms with van der Waals surface area (Å²) < 4.78 is 38.8. The van der Waals surface area contributed by atoms with E-state index >= 15 is 0 Å². The first-order valence-electron chi connectivity index (χ1n) is 6.13. The Balaban J connectivity index is 2.35. The molecule has 3 N–H and O–H groups in total. The molecule has 0 spiro atoms. The molecule has 0 aromatic heterocycles. The Morgan fingerprint density at radius 2 is 1.81 bits per heavy atom. The molecule has 0 radical (unpaired) electrons. The van der Waals surface area contributed by atoms with Gasteiger partial charge in [-0.15, -0.1) is 0 Å². The van der Waals surface area contributed by atoms with Gasteiger partial charge in [0.15, 0.2) is 0 Å². The zero-order valence-corrected chi connectivity index (χ0v) is 12.0. The van der Waals surface area contributed by atoms with Crippen LogP contribution in [0.25, 0.3) is 0 Å². The number of hydrogen-bond acceptors (Lipinski definition) is 2. The molecule has 110 valence electrons. The largest absolute Gasteiger partial charge is 0.418 e. The highest BCUT2D eigenvalue weighted by molar-refractivity contribution is 7.80. The molecule has 0 aliphatic carbocycles. The number of nitrogens with two attached hydrogens (primary N) is 1. The molecule has 21 heavy (non-hydrogen) atoms. The number of benzene rings is 2. The predicted octanol–water partition coefficient (Wildman–Crippen LogP) is 4.39. The van der Waals surface area contributed by atoms with Crippen molar-refractivity contribution in [1.29, 1.82) is 0 Å². The Morgan fingerprint density at radius 1 is 1.14 bits per heavy atom. The number of anilines is 2. The second-order valence-corrected chi connectivity index (χ2v) is 5.00. The van der Waals surface area contributed by atoms with E-state index in [4.69, 9.17) is 18.0 Å². The molecule has 2 aromatic rings. The highest BCUT2D eigenvalue weighted by Gasteiger charge is 2.33. The van der Waals surface area contributed by atoms with Crippen LogP contribution in [0.2, 0.25) is 0 Å². The van der Waals surface area contributed by atoms with Gasteiger partial charge in [0, 0.05) is 11.3 Å². The minimum absolute atomic E-state index is 0.00692. The molecule has 2 nitrogen and oxygen atoms in total. The normalized spacial score (nSPS) is 11.2. The Kier molecular flexibility index (Phi) is 4.18. The second-order valence-electron chi connectivity index (χ2n) is 4.56. The third-order valence-corrected chi connectivity index (χ3v) is 3.22. The number of thiocarbonyl (C=S) groups is 1. The lowest BCUT2D eigenvalue weighted by atomic mass is 10.1. The van der Waals surface area contributed by atoms with Crippen LogP contribution >= 0.6 is 12.2 Å². The number of halogens is 3. The third-order valence-electron chi connectivity index (χ3n) is 3.00. The summed E-state index contributed by atoms with van der Waals surface area (Å²) in [4.78, 5) is 0.259. The van der Waals surface area contributed by atoms with Crippen LogP contribution in [0.1, 0.15) is 16.7 Å². The summed E-state index contributed by atoms with van der Waals surface area (Å²) in [6, 6.07) is 10.4. The van der Waals surface area contributed by atoms with Gasteiger partial charge in [-0.2, -0.15) is 13.2 Å². The smallest absolute Gasteiger partial charge is 0.389 e. The van der Waals surface area contributed by atoms with Crippen LogP contribution in [-0.2, 0) is 6.18 Å². The number of rotatable bonds is 3. The fourth-order valence-corrected chi connectivity index (χ4v) is 2.24. The van der Waals surface area contributed by atoms with Gasteiger partial charge in [-0.25, -0.2) is 0 Å². The Labute approximate surface area is 125 Å². The van der Waals surface area contributed by atoms with Crippen LogP contribution in [-0.4, -0.2) is 4.99 Å². The van der Waals surface area contributed by atoms with Gasteiger partial charge in [-0.3, -0.25) is 0 Å². The standard InChI is InChI=1S/C15H13F3N2S/c1-9-8-10(6-7-11(9)14(19)21)20-13-5-3-2-4-12(13)15(16,17)18/h2-8,20H,1H3,(H2,19,21). The first kappa shape index (κ1) is 15.3. The maximum Gasteiger partial charge on any atom is 0.418 e. The molecule has 0 saturated carbocycles. The molecule has 0 saturated heterocycles. The molecular weight excluding hydrogens is 297 g/mol. The molecule has 0 unspecified atom stereocenters. The minimum atomic E-state index is -4.41. The van der Waals surface area contributed by atoms with E-state index in [2.05, 4.69) is 5.32 Å². The SMILES string of the molecule is Cc1cc(Nc2ccccc2C(F)(F)F)ccc1C(N)=S. The topological polar surface area (TPSA) is 38.0 Å².